The summed E-state index contributed by atoms with van der Waals surface area (Å²) < 4.78 is 4.80. The van der Waals surface area contributed by atoms with Crippen LogP contribution in [0.2, 0.25) is 0 Å². The number of carbonyl (C=O) groups is 1. The number of carbonyl (C=O) groups excluding carboxylic acids is 1. The number of aryl methyl sites for hydroxylation is 2. The van der Waals surface area contributed by atoms with Crippen molar-refractivity contribution in [1.82, 2.24) is 0 Å². The Bertz CT molecular complexity index is 851. The second-order valence-corrected chi connectivity index (χ2v) is 7.08. The Morgan fingerprint density at radius 1 is 1.08 bits per heavy atom. The van der Waals surface area contributed by atoms with Crippen LogP contribution in [0, 0.1) is 19.8 Å². The minimum Gasteiger partial charge on any atom is -0.465 e. The molecule has 1 aliphatic heterocycles. The van der Waals surface area contributed by atoms with Crippen LogP contribution < -0.4 is 5.32 Å². The van der Waals surface area contributed by atoms with Gasteiger partial charge in [-0.2, -0.15) is 0 Å². The third-order valence-electron chi connectivity index (χ3n) is 5.64. The Balaban J connectivity index is 1.74. The lowest BCUT2D eigenvalue weighted by molar-refractivity contribution is 0.0600. The largest absolute Gasteiger partial charge is 0.465 e. The second kappa shape index (κ2) is 6.07. The molecule has 1 aliphatic carbocycles. The van der Waals surface area contributed by atoms with E-state index in [4.69, 9.17) is 4.74 Å². The van der Waals surface area contributed by atoms with Gasteiger partial charge in [-0.1, -0.05) is 36.4 Å². The molecule has 0 bridgehead atoms. The minimum atomic E-state index is -0.291. The molecule has 2 aliphatic rings. The maximum absolute atomic E-state index is 11.7. The number of anilines is 1. The van der Waals surface area contributed by atoms with Crippen molar-refractivity contribution in [3.05, 3.63) is 76.4 Å². The molecule has 0 saturated heterocycles. The van der Waals surface area contributed by atoms with E-state index < -0.39 is 0 Å². The number of hydrogen-bond donors (Lipinski definition) is 1. The van der Waals surface area contributed by atoms with Crippen LogP contribution in [0.4, 0.5) is 5.69 Å². The van der Waals surface area contributed by atoms with E-state index >= 15 is 0 Å². The Hall–Kier alpha value is -2.55. The van der Waals surface area contributed by atoms with Crippen LogP contribution in [0.25, 0.3) is 0 Å². The van der Waals surface area contributed by atoms with Crippen molar-refractivity contribution in [2.45, 2.75) is 32.2 Å². The molecule has 4 rings (SSSR count). The Morgan fingerprint density at radius 3 is 2.52 bits per heavy atom. The highest BCUT2D eigenvalue weighted by atomic mass is 16.5. The highest BCUT2D eigenvalue weighted by molar-refractivity contribution is 5.89. The number of allylic oxidation sites excluding steroid dienone is 2. The summed E-state index contributed by atoms with van der Waals surface area (Å²) in [6.07, 6.45) is 5.75. The molecule has 0 fully saturated rings. The van der Waals surface area contributed by atoms with Gasteiger partial charge in [0.2, 0.25) is 0 Å². The summed E-state index contributed by atoms with van der Waals surface area (Å²) in [5.74, 6) is 0.679. The quantitative estimate of drug-likeness (QED) is 0.626. The zero-order chi connectivity index (χ0) is 17.6. The van der Waals surface area contributed by atoms with Gasteiger partial charge in [-0.25, -0.2) is 4.79 Å². The number of nitrogens with one attached hydrogen (secondary N) is 1. The molecule has 3 atom stereocenters. The average molecular weight is 333 g/mol. The summed E-state index contributed by atoms with van der Waals surface area (Å²) in [6.45, 7) is 4.37. The van der Waals surface area contributed by atoms with E-state index in [1.165, 1.54) is 35.1 Å². The molecule has 2 aromatic rings. The van der Waals surface area contributed by atoms with Crippen molar-refractivity contribution in [1.29, 1.82) is 0 Å². The Kier molecular flexibility index (Phi) is 3.87. The molecule has 3 heteroatoms. The highest BCUT2D eigenvalue weighted by Crippen LogP contribution is 2.51. The van der Waals surface area contributed by atoms with Crippen molar-refractivity contribution < 1.29 is 9.53 Å². The van der Waals surface area contributed by atoms with E-state index in [2.05, 4.69) is 55.6 Å². The molecule has 0 radical (unpaired) electrons. The SMILES string of the molecule is COC(=O)c1ccc([C@@H]2Nc3c(C)ccc(C)c3[C@@H]3C=CC[C@@H]32)cc1. The van der Waals surface area contributed by atoms with Crippen LogP contribution >= 0.6 is 0 Å². The molecular formula is C22H23NO2. The predicted octanol–water partition coefficient (Wildman–Crippen LogP) is 4.92. The van der Waals surface area contributed by atoms with Gasteiger partial charge in [-0.15, -0.1) is 0 Å². The fourth-order valence-corrected chi connectivity index (χ4v) is 4.32. The molecule has 0 aromatic heterocycles. The molecular weight excluding hydrogens is 310 g/mol. The number of methoxy groups -OCH3 is 1. The molecule has 3 nitrogen and oxygen atoms in total. The number of hydrogen-bond acceptors (Lipinski definition) is 3. The van der Waals surface area contributed by atoms with Crippen LogP contribution in [0.3, 0.4) is 0 Å². The predicted molar refractivity (Wildman–Crippen MR) is 100 cm³/mol. The van der Waals surface area contributed by atoms with Crippen LogP contribution in [-0.4, -0.2) is 13.1 Å². The monoisotopic (exact) mass is 333 g/mol. The Labute approximate surface area is 148 Å². The molecule has 1 heterocycles. The average Bonchev–Trinajstić information content (AvgIpc) is 3.13. The number of esters is 1. The molecule has 0 saturated carbocycles. The first kappa shape index (κ1) is 15.9. The molecule has 128 valence electrons. The summed E-state index contributed by atoms with van der Waals surface area (Å²) >= 11 is 0. The molecule has 0 spiro atoms. The first-order valence-electron chi connectivity index (χ1n) is 8.81. The van der Waals surface area contributed by atoms with Gasteiger partial charge < -0.3 is 10.1 Å². The minimum absolute atomic E-state index is 0.250. The number of benzene rings is 2. The van der Waals surface area contributed by atoms with Gasteiger partial charge in [0.1, 0.15) is 0 Å². The van der Waals surface area contributed by atoms with E-state index in [9.17, 15) is 4.79 Å². The zero-order valence-corrected chi connectivity index (χ0v) is 14.9. The third kappa shape index (κ3) is 2.55. The molecule has 25 heavy (non-hydrogen) atoms. The van der Waals surface area contributed by atoms with Gasteiger partial charge in [-0.05, 0) is 60.6 Å². The van der Waals surface area contributed by atoms with Crippen LogP contribution in [0.15, 0.2) is 48.6 Å². The first-order valence-corrected chi connectivity index (χ1v) is 8.81. The van der Waals surface area contributed by atoms with Crippen LogP contribution in [0.1, 0.15) is 51.0 Å². The number of fused-ring (bicyclic) bond motifs is 3. The fourth-order valence-electron chi connectivity index (χ4n) is 4.32. The fraction of sp³-hybridized carbons (Fsp3) is 0.318. The Morgan fingerprint density at radius 2 is 1.80 bits per heavy atom. The number of ether oxygens (including phenoxy) is 1. The lowest BCUT2D eigenvalue weighted by Gasteiger charge is -2.39. The standard InChI is InChI=1S/C22H23NO2/c1-13-7-8-14(2)20-19(13)17-5-4-6-18(17)21(23-20)15-9-11-16(12-10-15)22(24)25-3/h4-5,7-12,17-18,21,23H,6H2,1-3H3/t17-,18+,21+/m1/s1. The van der Waals surface area contributed by atoms with E-state index in [1.807, 2.05) is 12.1 Å². The molecule has 2 aromatic carbocycles. The van der Waals surface area contributed by atoms with E-state index in [1.54, 1.807) is 0 Å². The van der Waals surface area contributed by atoms with Gasteiger partial charge in [0, 0.05) is 11.6 Å². The van der Waals surface area contributed by atoms with Gasteiger partial charge in [0.05, 0.1) is 18.7 Å². The topological polar surface area (TPSA) is 38.3 Å². The molecule has 0 unspecified atom stereocenters. The maximum Gasteiger partial charge on any atom is 0.337 e. The summed E-state index contributed by atoms with van der Waals surface area (Å²) in [7, 11) is 1.41. The van der Waals surface area contributed by atoms with Crippen molar-refractivity contribution in [2.75, 3.05) is 12.4 Å². The van der Waals surface area contributed by atoms with E-state index in [-0.39, 0.29) is 12.0 Å². The third-order valence-corrected chi connectivity index (χ3v) is 5.64. The van der Waals surface area contributed by atoms with Crippen LogP contribution in [0.5, 0.6) is 0 Å². The number of rotatable bonds is 2. The van der Waals surface area contributed by atoms with Gasteiger partial charge in [0.15, 0.2) is 0 Å². The summed E-state index contributed by atoms with van der Waals surface area (Å²) in [6, 6.07) is 12.5. The van der Waals surface area contributed by atoms with Crippen molar-refractivity contribution in [2.24, 2.45) is 5.92 Å². The molecule has 0 amide bonds. The van der Waals surface area contributed by atoms with Crippen molar-refractivity contribution in [3.63, 3.8) is 0 Å². The summed E-state index contributed by atoms with van der Waals surface area (Å²) in [4.78, 5) is 11.7. The van der Waals surface area contributed by atoms with Crippen molar-refractivity contribution >= 4 is 11.7 Å². The maximum atomic E-state index is 11.7. The van der Waals surface area contributed by atoms with Gasteiger partial charge >= 0.3 is 5.97 Å². The lowest BCUT2D eigenvalue weighted by atomic mass is 9.75. The zero-order valence-electron chi connectivity index (χ0n) is 14.9. The molecule has 1 N–H and O–H groups in total. The summed E-state index contributed by atoms with van der Waals surface area (Å²) in [5.41, 5.74) is 7.18. The normalized spacial score (nSPS) is 23.6. The lowest BCUT2D eigenvalue weighted by Crippen LogP contribution is -2.30. The smallest absolute Gasteiger partial charge is 0.337 e. The van der Waals surface area contributed by atoms with Crippen LogP contribution in [-0.2, 0) is 4.74 Å². The van der Waals surface area contributed by atoms with Gasteiger partial charge in [0.25, 0.3) is 0 Å². The van der Waals surface area contributed by atoms with Gasteiger partial charge in [-0.3, -0.25) is 0 Å². The van der Waals surface area contributed by atoms with Crippen molar-refractivity contribution in [3.8, 4) is 0 Å². The first-order chi connectivity index (χ1) is 12.1. The second-order valence-electron chi connectivity index (χ2n) is 7.08. The highest BCUT2D eigenvalue weighted by Gasteiger charge is 2.39. The summed E-state index contributed by atoms with van der Waals surface area (Å²) in [5, 5.41) is 3.80. The van der Waals surface area contributed by atoms with E-state index in [0.29, 0.717) is 17.4 Å². The van der Waals surface area contributed by atoms with E-state index in [0.717, 1.165) is 6.42 Å².